The van der Waals surface area contributed by atoms with Crippen LogP contribution in [0.1, 0.15) is 39.2 Å². The zero-order valence-corrected chi connectivity index (χ0v) is 13.7. The van der Waals surface area contributed by atoms with Crippen LogP contribution in [0.5, 0.6) is 0 Å². The summed E-state index contributed by atoms with van der Waals surface area (Å²) in [6.45, 7) is 8.45. The molecule has 3 nitrogen and oxygen atoms in total. The second-order valence-corrected chi connectivity index (χ2v) is 6.80. The summed E-state index contributed by atoms with van der Waals surface area (Å²) in [4.78, 5) is 13.0. The first-order chi connectivity index (χ1) is 9.38. The minimum Gasteiger partial charge on any atom is -0.399 e. The lowest BCUT2D eigenvalue weighted by Crippen LogP contribution is -2.34. The average Bonchev–Trinajstić information content (AvgIpc) is 2.38. The van der Waals surface area contributed by atoms with Gasteiger partial charge in [-0.2, -0.15) is 0 Å². The molecule has 0 radical (unpaired) electrons. The molecule has 0 spiro atoms. The van der Waals surface area contributed by atoms with Gasteiger partial charge >= 0.3 is 0 Å². The Morgan fingerprint density at radius 2 is 2.00 bits per heavy atom. The van der Waals surface area contributed by atoms with Crippen LogP contribution in [-0.2, 0) is 4.79 Å². The van der Waals surface area contributed by atoms with E-state index >= 15 is 0 Å². The largest absolute Gasteiger partial charge is 0.399 e. The van der Waals surface area contributed by atoms with Gasteiger partial charge < -0.3 is 11.1 Å². The molecule has 1 rings (SSSR count). The van der Waals surface area contributed by atoms with Crippen LogP contribution >= 0.6 is 11.8 Å². The highest BCUT2D eigenvalue weighted by atomic mass is 32.2. The lowest BCUT2D eigenvalue weighted by Gasteiger charge is -2.15. The molecule has 3 N–H and O–H groups in total. The first kappa shape index (κ1) is 16.9. The highest BCUT2D eigenvalue weighted by Crippen LogP contribution is 2.22. The quantitative estimate of drug-likeness (QED) is 0.596. The molecule has 0 heterocycles. The van der Waals surface area contributed by atoms with Crippen molar-refractivity contribution < 1.29 is 4.79 Å². The number of nitrogens with one attached hydrogen (secondary N) is 1. The Morgan fingerprint density at radius 3 is 2.60 bits per heavy atom. The van der Waals surface area contributed by atoms with E-state index in [1.807, 2.05) is 25.1 Å². The Balaban J connectivity index is 2.33. The third kappa shape index (κ3) is 6.33. The van der Waals surface area contributed by atoms with Gasteiger partial charge in [0.25, 0.3) is 0 Å². The molecule has 0 aliphatic heterocycles. The molecule has 0 aliphatic rings. The van der Waals surface area contributed by atoms with Gasteiger partial charge in [0.1, 0.15) is 0 Å². The number of thioether (sulfide) groups is 1. The number of hydrogen-bond acceptors (Lipinski definition) is 3. The van der Waals surface area contributed by atoms with Gasteiger partial charge in [-0.05, 0) is 56.4 Å². The molecule has 0 saturated heterocycles. The minimum absolute atomic E-state index is 0.0979. The van der Waals surface area contributed by atoms with Crippen LogP contribution in [0, 0.1) is 12.8 Å². The van der Waals surface area contributed by atoms with Crippen LogP contribution < -0.4 is 11.1 Å². The molecule has 1 amide bonds. The van der Waals surface area contributed by atoms with Crippen molar-refractivity contribution in [1.29, 1.82) is 0 Å². The maximum Gasteiger partial charge on any atom is 0.230 e. The molecule has 0 bridgehead atoms. The highest BCUT2D eigenvalue weighted by Gasteiger charge is 2.09. The van der Waals surface area contributed by atoms with Gasteiger partial charge in [0, 0.05) is 16.6 Å². The smallest absolute Gasteiger partial charge is 0.230 e. The maximum absolute atomic E-state index is 11.9. The summed E-state index contributed by atoms with van der Waals surface area (Å²) in [6.07, 6.45) is 2.18. The number of hydrogen-bond donors (Lipinski definition) is 2. The van der Waals surface area contributed by atoms with Crippen molar-refractivity contribution in [2.75, 3.05) is 11.5 Å². The number of carbonyl (C=O) groups is 1. The lowest BCUT2D eigenvalue weighted by molar-refractivity contribution is -0.119. The fraction of sp³-hybridized carbons (Fsp3) is 0.562. The van der Waals surface area contributed by atoms with Gasteiger partial charge in [0.05, 0.1) is 5.75 Å². The van der Waals surface area contributed by atoms with Crippen molar-refractivity contribution >= 4 is 23.4 Å². The summed E-state index contributed by atoms with van der Waals surface area (Å²) in [5.74, 6) is 1.23. The Hall–Kier alpha value is -1.16. The highest BCUT2D eigenvalue weighted by molar-refractivity contribution is 8.00. The van der Waals surface area contributed by atoms with Crippen molar-refractivity contribution in [3.8, 4) is 0 Å². The second-order valence-electron chi connectivity index (χ2n) is 5.75. The van der Waals surface area contributed by atoms with E-state index in [0.717, 1.165) is 29.0 Å². The summed E-state index contributed by atoms with van der Waals surface area (Å²) in [5.41, 5.74) is 7.63. The van der Waals surface area contributed by atoms with Crippen LogP contribution in [0.2, 0.25) is 0 Å². The van der Waals surface area contributed by atoms with Crippen molar-refractivity contribution in [3.05, 3.63) is 23.8 Å². The average molecular weight is 294 g/mol. The molecular weight excluding hydrogens is 268 g/mol. The predicted octanol–water partition coefficient (Wildman–Crippen LogP) is 3.61. The molecule has 1 aromatic carbocycles. The minimum atomic E-state index is 0.0979. The summed E-state index contributed by atoms with van der Waals surface area (Å²) >= 11 is 1.55. The molecule has 0 fully saturated rings. The Labute approximate surface area is 126 Å². The summed E-state index contributed by atoms with van der Waals surface area (Å²) in [6, 6.07) is 6.12. The number of benzene rings is 1. The fourth-order valence-electron chi connectivity index (χ4n) is 1.86. The van der Waals surface area contributed by atoms with E-state index in [9.17, 15) is 4.79 Å². The van der Waals surface area contributed by atoms with E-state index in [2.05, 4.69) is 26.1 Å². The van der Waals surface area contributed by atoms with Crippen molar-refractivity contribution in [1.82, 2.24) is 5.32 Å². The molecular formula is C16H26N2OS. The fourth-order valence-corrected chi connectivity index (χ4v) is 2.66. The maximum atomic E-state index is 11.9. The van der Waals surface area contributed by atoms with Crippen molar-refractivity contribution in [2.24, 2.45) is 5.92 Å². The first-order valence-electron chi connectivity index (χ1n) is 7.16. The first-order valence-corrected chi connectivity index (χ1v) is 8.15. The van der Waals surface area contributed by atoms with Crippen LogP contribution in [0.3, 0.4) is 0 Å². The van der Waals surface area contributed by atoms with E-state index in [-0.39, 0.29) is 11.9 Å². The second kappa shape index (κ2) is 8.20. The van der Waals surface area contributed by atoms with Crippen LogP contribution in [-0.4, -0.2) is 17.7 Å². The van der Waals surface area contributed by atoms with Crippen molar-refractivity contribution in [2.45, 2.75) is 51.5 Å². The molecule has 0 aromatic heterocycles. The van der Waals surface area contributed by atoms with E-state index in [1.54, 1.807) is 11.8 Å². The Morgan fingerprint density at radius 1 is 1.30 bits per heavy atom. The molecule has 0 aliphatic carbocycles. The molecule has 4 heteroatoms. The number of anilines is 1. The van der Waals surface area contributed by atoms with Gasteiger partial charge in [0.15, 0.2) is 0 Å². The third-order valence-corrected chi connectivity index (χ3v) is 4.19. The number of aryl methyl sites for hydroxylation is 1. The topological polar surface area (TPSA) is 55.1 Å². The van der Waals surface area contributed by atoms with Crippen molar-refractivity contribution in [3.63, 3.8) is 0 Å². The predicted molar refractivity (Wildman–Crippen MR) is 88.0 cm³/mol. The SMILES string of the molecule is Cc1cc(SCC(=O)NC(C)CCC(C)C)ccc1N. The monoisotopic (exact) mass is 294 g/mol. The molecule has 112 valence electrons. The summed E-state index contributed by atoms with van der Waals surface area (Å²) in [5, 5.41) is 3.05. The van der Waals surface area contributed by atoms with Gasteiger partial charge in [-0.3, -0.25) is 4.79 Å². The Bertz CT molecular complexity index is 446. The molecule has 20 heavy (non-hydrogen) atoms. The van der Waals surface area contributed by atoms with E-state index in [1.165, 1.54) is 0 Å². The number of nitrogens with two attached hydrogens (primary N) is 1. The van der Waals surface area contributed by atoms with Crippen LogP contribution in [0.25, 0.3) is 0 Å². The standard InChI is InChI=1S/C16H26N2OS/c1-11(2)5-6-13(4)18-16(19)10-20-14-7-8-15(17)12(3)9-14/h7-9,11,13H,5-6,10,17H2,1-4H3,(H,18,19). The van der Waals surface area contributed by atoms with Gasteiger partial charge in [-0.25, -0.2) is 0 Å². The number of nitrogen functional groups attached to an aromatic ring is 1. The van der Waals surface area contributed by atoms with Crippen LogP contribution in [0.4, 0.5) is 5.69 Å². The number of amides is 1. The lowest BCUT2D eigenvalue weighted by atomic mass is 10.0. The zero-order valence-electron chi connectivity index (χ0n) is 12.9. The zero-order chi connectivity index (χ0) is 15.1. The number of rotatable bonds is 7. The Kier molecular flexibility index (Phi) is 6.93. The molecule has 0 saturated carbocycles. The van der Waals surface area contributed by atoms with E-state index in [4.69, 9.17) is 5.73 Å². The molecule has 1 unspecified atom stereocenters. The molecule has 1 aromatic rings. The molecule has 1 atom stereocenters. The third-order valence-electron chi connectivity index (χ3n) is 3.20. The number of carbonyl (C=O) groups excluding carboxylic acids is 1. The van der Waals surface area contributed by atoms with E-state index in [0.29, 0.717) is 11.7 Å². The van der Waals surface area contributed by atoms with E-state index < -0.39 is 0 Å². The van der Waals surface area contributed by atoms with Gasteiger partial charge in [-0.15, -0.1) is 11.8 Å². The normalized spacial score (nSPS) is 12.4. The summed E-state index contributed by atoms with van der Waals surface area (Å²) < 4.78 is 0. The summed E-state index contributed by atoms with van der Waals surface area (Å²) in [7, 11) is 0. The van der Waals surface area contributed by atoms with Crippen LogP contribution in [0.15, 0.2) is 23.1 Å². The van der Waals surface area contributed by atoms with Gasteiger partial charge in [0.2, 0.25) is 5.91 Å². The van der Waals surface area contributed by atoms with Gasteiger partial charge in [-0.1, -0.05) is 13.8 Å².